The highest BCUT2D eigenvalue weighted by atomic mass is 127. The number of rotatable bonds is 1. The summed E-state index contributed by atoms with van der Waals surface area (Å²) >= 11 is 4.59. The first-order valence-electron chi connectivity index (χ1n) is 7.00. The van der Waals surface area contributed by atoms with Gasteiger partial charge in [0.1, 0.15) is 9.73 Å². The van der Waals surface area contributed by atoms with Gasteiger partial charge in [-0.05, 0) is 75.5 Å². The van der Waals surface area contributed by atoms with Gasteiger partial charge in [0.05, 0.1) is 15.5 Å². The Morgan fingerprint density at radius 3 is 2.30 bits per heavy atom. The first kappa shape index (κ1) is 15.6. The molecule has 1 aliphatic rings. The Morgan fingerprint density at radius 1 is 0.826 bits per heavy atom. The normalized spacial score (nSPS) is 18.7. The third-order valence-electron chi connectivity index (χ3n) is 3.79. The smallest absolute Gasteiger partial charge is 0.109 e. The summed E-state index contributed by atoms with van der Waals surface area (Å²) in [6, 6.07) is 21.6. The minimum atomic E-state index is -2.66. The third-order valence-corrected chi connectivity index (χ3v) is 7.53. The molecule has 23 heavy (non-hydrogen) atoms. The molecule has 3 aromatic rings. The molecule has 1 atom stereocenters. The zero-order chi connectivity index (χ0) is 16.0. The van der Waals surface area contributed by atoms with Gasteiger partial charge in [0.25, 0.3) is 0 Å². The summed E-state index contributed by atoms with van der Waals surface area (Å²) in [6.45, 7) is 0. The third kappa shape index (κ3) is 2.53. The molecule has 0 saturated carbocycles. The van der Waals surface area contributed by atoms with Crippen molar-refractivity contribution in [2.75, 3.05) is 0 Å². The summed E-state index contributed by atoms with van der Waals surface area (Å²) in [6.07, 6.45) is 0. The van der Waals surface area contributed by atoms with E-state index in [2.05, 4.69) is 57.3 Å². The van der Waals surface area contributed by atoms with Crippen molar-refractivity contribution in [2.45, 2.75) is 9.79 Å². The standard InChI is InChI=1S/C18H11I2NOS/c19-12-10-15-14-8-4-5-9-17(14)23(22,13-6-2-1-3-7-13)21-18(15)16(20)11-12/h1-11H. The second kappa shape index (κ2) is 5.86. The van der Waals surface area contributed by atoms with Gasteiger partial charge >= 0.3 is 0 Å². The maximum Gasteiger partial charge on any atom is 0.109 e. The second-order valence-corrected chi connectivity index (χ2v) is 9.76. The Morgan fingerprint density at radius 2 is 1.52 bits per heavy atom. The summed E-state index contributed by atoms with van der Waals surface area (Å²) in [4.78, 5) is 1.56. The van der Waals surface area contributed by atoms with Crippen molar-refractivity contribution in [2.24, 2.45) is 4.36 Å². The molecule has 1 aliphatic heterocycles. The van der Waals surface area contributed by atoms with Crippen molar-refractivity contribution in [3.63, 3.8) is 0 Å². The van der Waals surface area contributed by atoms with Gasteiger partial charge in [0.15, 0.2) is 0 Å². The van der Waals surface area contributed by atoms with Crippen LogP contribution in [0.4, 0.5) is 5.69 Å². The molecule has 2 nitrogen and oxygen atoms in total. The molecule has 0 aromatic heterocycles. The molecule has 0 N–H and O–H groups in total. The van der Waals surface area contributed by atoms with Crippen LogP contribution in [0.15, 0.2) is 80.9 Å². The van der Waals surface area contributed by atoms with Crippen molar-refractivity contribution < 1.29 is 4.21 Å². The van der Waals surface area contributed by atoms with E-state index in [0.29, 0.717) is 0 Å². The van der Waals surface area contributed by atoms with E-state index in [4.69, 9.17) is 4.36 Å². The van der Waals surface area contributed by atoms with E-state index in [9.17, 15) is 4.21 Å². The van der Waals surface area contributed by atoms with E-state index in [1.165, 1.54) is 0 Å². The van der Waals surface area contributed by atoms with Crippen LogP contribution in [0.1, 0.15) is 0 Å². The number of benzene rings is 3. The van der Waals surface area contributed by atoms with Crippen LogP contribution in [0.2, 0.25) is 0 Å². The highest BCUT2D eigenvalue weighted by Gasteiger charge is 2.27. The Balaban J connectivity index is 2.17. The van der Waals surface area contributed by atoms with E-state index in [-0.39, 0.29) is 0 Å². The van der Waals surface area contributed by atoms with Crippen LogP contribution >= 0.6 is 45.2 Å². The molecule has 5 heteroatoms. The molecule has 0 amide bonds. The summed E-state index contributed by atoms with van der Waals surface area (Å²) in [5, 5.41) is 0. The fourth-order valence-electron chi connectivity index (χ4n) is 2.76. The molecule has 0 aliphatic carbocycles. The van der Waals surface area contributed by atoms with Crippen LogP contribution in [0.5, 0.6) is 0 Å². The number of nitrogens with zero attached hydrogens (tertiary/aromatic N) is 1. The van der Waals surface area contributed by atoms with E-state index < -0.39 is 9.73 Å². The molecule has 1 unspecified atom stereocenters. The van der Waals surface area contributed by atoms with Crippen molar-refractivity contribution in [1.29, 1.82) is 0 Å². The topological polar surface area (TPSA) is 29.4 Å². The maximum absolute atomic E-state index is 13.9. The second-order valence-electron chi connectivity index (χ2n) is 5.21. The quantitative estimate of drug-likeness (QED) is 0.267. The first-order valence-corrected chi connectivity index (χ1v) is 10.7. The van der Waals surface area contributed by atoms with Gasteiger partial charge in [0, 0.05) is 18.3 Å². The van der Waals surface area contributed by atoms with Crippen molar-refractivity contribution in [1.82, 2.24) is 0 Å². The van der Waals surface area contributed by atoms with E-state index in [1.807, 2.05) is 54.6 Å². The first-order chi connectivity index (χ1) is 11.1. The predicted octanol–water partition coefficient (Wildman–Crippen LogP) is 6.09. The minimum Gasteiger partial charge on any atom is -0.239 e. The van der Waals surface area contributed by atoms with E-state index >= 15 is 0 Å². The van der Waals surface area contributed by atoms with Crippen LogP contribution in [-0.4, -0.2) is 4.21 Å². The molecule has 0 fully saturated rings. The van der Waals surface area contributed by atoms with Gasteiger partial charge < -0.3 is 0 Å². The lowest BCUT2D eigenvalue weighted by atomic mass is 10.0. The fourth-order valence-corrected chi connectivity index (χ4v) is 7.06. The van der Waals surface area contributed by atoms with Crippen LogP contribution in [0.3, 0.4) is 0 Å². The minimum absolute atomic E-state index is 0.757. The highest BCUT2D eigenvalue weighted by Crippen LogP contribution is 2.46. The van der Waals surface area contributed by atoms with Gasteiger partial charge in [-0.25, -0.2) is 4.21 Å². The molecule has 3 aromatic carbocycles. The molecule has 0 saturated heterocycles. The summed E-state index contributed by atoms with van der Waals surface area (Å²) in [5.74, 6) is 0. The van der Waals surface area contributed by atoms with Crippen LogP contribution < -0.4 is 0 Å². The van der Waals surface area contributed by atoms with Crippen molar-refractivity contribution in [3.8, 4) is 11.1 Å². The Kier molecular flexibility index (Phi) is 3.97. The lowest BCUT2D eigenvalue weighted by molar-refractivity contribution is 0.676. The van der Waals surface area contributed by atoms with Gasteiger partial charge in [-0.2, -0.15) is 4.36 Å². The van der Waals surface area contributed by atoms with Crippen molar-refractivity contribution in [3.05, 3.63) is 73.9 Å². The SMILES string of the molecule is O=S1(c2ccccc2)=Nc2c(I)cc(I)cc2-c2ccccc21. The Hall–Kier alpha value is -0.930. The van der Waals surface area contributed by atoms with Crippen LogP contribution in [-0.2, 0) is 9.73 Å². The number of hydrogen-bond donors (Lipinski definition) is 0. The molecule has 4 rings (SSSR count). The predicted molar refractivity (Wildman–Crippen MR) is 111 cm³/mol. The van der Waals surface area contributed by atoms with Gasteiger partial charge in [0.2, 0.25) is 0 Å². The molecular weight excluding hydrogens is 532 g/mol. The molecule has 0 spiro atoms. The van der Waals surface area contributed by atoms with E-state index in [0.717, 1.165) is 33.7 Å². The van der Waals surface area contributed by atoms with Gasteiger partial charge in [-0.1, -0.05) is 36.4 Å². The highest BCUT2D eigenvalue weighted by molar-refractivity contribution is 14.1. The Labute approximate surface area is 162 Å². The van der Waals surface area contributed by atoms with Gasteiger partial charge in [-0.3, -0.25) is 0 Å². The largest absolute Gasteiger partial charge is 0.239 e. The monoisotopic (exact) mass is 543 g/mol. The fraction of sp³-hybridized carbons (Fsp3) is 0. The molecule has 114 valence electrons. The summed E-state index contributed by atoms with van der Waals surface area (Å²) in [5.41, 5.74) is 2.91. The summed E-state index contributed by atoms with van der Waals surface area (Å²) in [7, 11) is -2.66. The molecule has 1 heterocycles. The number of fused-ring (bicyclic) bond motifs is 3. The zero-order valence-corrected chi connectivity index (χ0v) is 17.0. The number of hydrogen-bond acceptors (Lipinski definition) is 2. The summed E-state index contributed by atoms with van der Waals surface area (Å²) < 4.78 is 20.8. The lowest BCUT2D eigenvalue weighted by Gasteiger charge is -2.22. The Bertz CT molecular complexity index is 1040. The lowest BCUT2D eigenvalue weighted by Crippen LogP contribution is -2.08. The number of halogens is 2. The average Bonchev–Trinajstić information content (AvgIpc) is 2.57. The average molecular weight is 543 g/mol. The van der Waals surface area contributed by atoms with Gasteiger partial charge in [-0.15, -0.1) is 0 Å². The molecule has 0 bridgehead atoms. The van der Waals surface area contributed by atoms with Crippen molar-refractivity contribution >= 4 is 60.6 Å². The van der Waals surface area contributed by atoms with Crippen LogP contribution in [0, 0.1) is 7.14 Å². The zero-order valence-electron chi connectivity index (χ0n) is 11.9. The maximum atomic E-state index is 13.9. The molecule has 0 radical (unpaired) electrons. The van der Waals surface area contributed by atoms with E-state index in [1.54, 1.807) is 0 Å². The molecular formula is C18H11I2NOS. The van der Waals surface area contributed by atoms with Crippen LogP contribution in [0.25, 0.3) is 11.1 Å².